The van der Waals surface area contributed by atoms with Crippen molar-refractivity contribution in [3.8, 4) is 0 Å². The number of nitrogens with zero attached hydrogens (tertiary/aromatic N) is 5. The van der Waals surface area contributed by atoms with Gasteiger partial charge in [-0.3, -0.25) is 4.79 Å². The second-order valence-corrected chi connectivity index (χ2v) is 6.62. The molecule has 1 aliphatic heterocycles. The molecule has 122 valence electrons. The topological polar surface area (TPSA) is 71.5 Å². The molecule has 1 aromatic heterocycles. The lowest BCUT2D eigenvalue weighted by Crippen LogP contribution is -2.50. The third-order valence-electron chi connectivity index (χ3n) is 3.11. The second kappa shape index (κ2) is 6.93. The zero-order valence-corrected chi connectivity index (χ0v) is 14.4. The minimum absolute atomic E-state index is 0.0127. The van der Waals surface area contributed by atoms with Crippen LogP contribution in [0.25, 0.3) is 0 Å². The van der Waals surface area contributed by atoms with Gasteiger partial charge in [0.25, 0.3) is 0 Å². The summed E-state index contributed by atoms with van der Waals surface area (Å²) < 4.78 is 5.51. The highest BCUT2D eigenvalue weighted by atomic mass is 35.5. The molecule has 1 fully saturated rings. The van der Waals surface area contributed by atoms with E-state index >= 15 is 0 Å². The van der Waals surface area contributed by atoms with Crippen molar-refractivity contribution in [2.45, 2.75) is 26.4 Å². The number of hydrogen-bond acceptors (Lipinski definition) is 6. The fourth-order valence-corrected chi connectivity index (χ4v) is 2.34. The molecule has 0 bridgehead atoms. The van der Waals surface area contributed by atoms with Crippen molar-refractivity contribution in [1.82, 2.24) is 19.9 Å². The minimum atomic E-state index is -0.324. The number of hydrogen-bond donors (Lipinski definition) is 0. The third-order valence-corrected chi connectivity index (χ3v) is 3.45. The van der Waals surface area contributed by atoms with E-state index < -0.39 is 0 Å². The molecule has 2 rings (SSSR count). The van der Waals surface area contributed by atoms with Gasteiger partial charge in [0.2, 0.25) is 22.4 Å². The Bertz CT molecular complexity index is 521. The van der Waals surface area contributed by atoms with E-state index in [0.717, 1.165) is 0 Å². The van der Waals surface area contributed by atoms with Gasteiger partial charge in [-0.15, -0.1) is 0 Å². The van der Waals surface area contributed by atoms with Gasteiger partial charge in [-0.2, -0.15) is 15.0 Å². The molecule has 1 amide bonds. The van der Waals surface area contributed by atoms with Crippen LogP contribution in [0.4, 0.5) is 5.95 Å². The number of amides is 1. The molecule has 9 heteroatoms. The summed E-state index contributed by atoms with van der Waals surface area (Å²) in [6, 6.07) is 0. The summed E-state index contributed by atoms with van der Waals surface area (Å²) in [7, 11) is 0. The highest BCUT2D eigenvalue weighted by molar-refractivity contribution is 6.31. The first-order chi connectivity index (χ1) is 10.2. The van der Waals surface area contributed by atoms with Gasteiger partial charge in [0.05, 0.1) is 5.60 Å². The number of aromatic nitrogens is 3. The SMILES string of the molecule is CC(C)(C)OCC(=O)N1CCN(c2nc(Cl)nc(Cl)n2)CC1. The molecule has 1 aromatic rings. The van der Waals surface area contributed by atoms with E-state index in [0.29, 0.717) is 32.1 Å². The lowest BCUT2D eigenvalue weighted by Gasteiger charge is -2.35. The Labute approximate surface area is 139 Å². The van der Waals surface area contributed by atoms with Gasteiger partial charge in [0, 0.05) is 26.2 Å². The highest BCUT2D eigenvalue weighted by Crippen LogP contribution is 2.16. The Kier molecular flexibility index (Phi) is 5.41. The second-order valence-electron chi connectivity index (χ2n) is 5.94. The van der Waals surface area contributed by atoms with E-state index in [-0.39, 0.29) is 28.7 Å². The quantitative estimate of drug-likeness (QED) is 0.827. The number of anilines is 1. The van der Waals surface area contributed by atoms with Gasteiger partial charge < -0.3 is 14.5 Å². The van der Waals surface area contributed by atoms with Gasteiger partial charge in [-0.25, -0.2) is 0 Å². The predicted molar refractivity (Wildman–Crippen MR) is 84.3 cm³/mol. The van der Waals surface area contributed by atoms with Crippen molar-refractivity contribution >= 4 is 35.1 Å². The number of halogens is 2. The molecular formula is C13H19Cl2N5O2. The average Bonchev–Trinajstić information content (AvgIpc) is 2.43. The Balaban J connectivity index is 1.88. The Morgan fingerprint density at radius 2 is 1.64 bits per heavy atom. The minimum Gasteiger partial charge on any atom is -0.366 e. The Hall–Kier alpha value is -1.18. The molecule has 2 heterocycles. The predicted octanol–water partition coefficient (Wildman–Crippen LogP) is 1.64. The molecule has 1 saturated heterocycles. The van der Waals surface area contributed by atoms with Crippen LogP contribution in [-0.2, 0) is 9.53 Å². The number of ether oxygens (including phenoxy) is 1. The first kappa shape index (κ1) is 17.2. The van der Waals surface area contributed by atoms with Crippen molar-refractivity contribution < 1.29 is 9.53 Å². The summed E-state index contributed by atoms with van der Waals surface area (Å²) in [5.41, 5.74) is -0.324. The summed E-state index contributed by atoms with van der Waals surface area (Å²) in [5, 5.41) is 0.124. The summed E-state index contributed by atoms with van der Waals surface area (Å²) in [6.07, 6.45) is 0. The number of carbonyl (C=O) groups is 1. The van der Waals surface area contributed by atoms with Gasteiger partial charge >= 0.3 is 0 Å². The van der Waals surface area contributed by atoms with Crippen LogP contribution in [0, 0.1) is 0 Å². The van der Waals surface area contributed by atoms with E-state index in [4.69, 9.17) is 27.9 Å². The van der Waals surface area contributed by atoms with Crippen molar-refractivity contribution in [3.63, 3.8) is 0 Å². The van der Waals surface area contributed by atoms with Crippen molar-refractivity contribution in [1.29, 1.82) is 0 Å². The standard InChI is InChI=1S/C13H19Cl2N5O2/c1-13(2,3)22-8-9(21)19-4-6-20(7-5-19)12-17-10(14)16-11(15)18-12/h4-8H2,1-3H3. The van der Waals surface area contributed by atoms with E-state index in [9.17, 15) is 4.79 Å². The monoisotopic (exact) mass is 347 g/mol. The number of piperazine rings is 1. The van der Waals surface area contributed by atoms with Crippen LogP contribution in [-0.4, -0.2) is 64.1 Å². The van der Waals surface area contributed by atoms with Crippen LogP contribution in [0.15, 0.2) is 0 Å². The van der Waals surface area contributed by atoms with E-state index in [2.05, 4.69) is 15.0 Å². The first-order valence-electron chi connectivity index (χ1n) is 6.98. The molecule has 0 aromatic carbocycles. The van der Waals surface area contributed by atoms with Crippen LogP contribution in [0.3, 0.4) is 0 Å². The Morgan fingerprint density at radius 3 is 2.14 bits per heavy atom. The van der Waals surface area contributed by atoms with Crippen molar-refractivity contribution in [2.24, 2.45) is 0 Å². The van der Waals surface area contributed by atoms with Gasteiger partial charge in [0.1, 0.15) is 6.61 Å². The summed E-state index contributed by atoms with van der Waals surface area (Å²) in [6.45, 7) is 8.23. The molecule has 0 spiro atoms. The molecule has 0 radical (unpaired) electrons. The molecule has 0 unspecified atom stereocenters. The number of rotatable bonds is 3. The third kappa shape index (κ3) is 4.93. The zero-order valence-electron chi connectivity index (χ0n) is 12.8. The van der Waals surface area contributed by atoms with Crippen LogP contribution >= 0.6 is 23.2 Å². The van der Waals surface area contributed by atoms with E-state index in [1.807, 2.05) is 25.7 Å². The lowest BCUT2D eigenvalue weighted by atomic mass is 10.2. The fourth-order valence-electron chi connectivity index (χ4n) is 1.98. The van der Waals surface area contributed by atoms with Crippen LogP contribution < -0.4 is 4.90 Å². The smallest absolute Gasteiger partial charge is 0.248 e. The van der Waals surface area contributed by atoms with Crippen molar-refractivity contribution in [2.75, 3.05) is 37.7 Å². The number of carbonyl (C=O) groups excluding carboxylic acids is 1. The summed E-state index contributed by atoms with van der Waals surface area (Å²) >= 11 is 11.6. The zero-order chi connectivity index (χ0) is 16.3. The Morgan fingerprint density at radius 1 is 1.09 bits per heavy atom. The molecular weight excluding hydrogens is 329 g/mol. The summed E-state index contributed by atoms with van der Waals surface area (Å²) in [4.78, 5) is 27.6. The highest BCUT2D eigenvalue weighted by Gasteiger charge is 2.24. The van der Waals surface area contributed by atoms with Crippen LogP contribution in [0.2, 0.25) is 10.6 Å². The van der Waals surface area contributed by atoms with Gasteiger partial charge in [-0.1, -0.05) is 0 Å². The molecule has 1 aliphatic rings. The van der Waals surface area contributed by atoms with Crippen molar-refractivity contribution in [3.05, 3.63) is 10.6 Å². The lowest BCUT2D eigenvalue weighted by molar-refractivity contribution is -0.141. The molecule has 7 nitrogen and oxygen atoms in total. The van der Waals surface area contributed by atoms with E-state index in [1.54, 1.807) is 4.90 Å². The average molecular weight is 348 g/mol. The maximum Gasteiger partial charge on any atom is 0.248 e. The largest absolute Gasteiger partial charge is 0.366 e. The molecule has 0 N–H and O–H groups in total. The van der Waals surface area contributed by atoms with Gasteiger partial charge in [-0.05, 0) is 44.0 Å². The molecule has 22 heavy (non-hydrogen) atoms. The van der Waals surface area contributed by atoms with Gasteiger partial charge in [0.15, 0.2) is 0 Å². The maximum absolute atomic E-state index is 12.1. The van der Waals surface area contributed by atoms with Crippen LogP contribution in [0.1, 0.15) is 20.8 Å². The summed E-state index contributed by atoms with van der Waals surface area (Å²) in [5.74, 6) is 0.421. The molecule has 0 saturated carbocycles. The normalized spacial score (nSPS) is 16.0. The maximum atomic E-state index is 12.1. The molecule has 0 atom stereocenters. The van der Waals surface area contributed by atoms with Crippen LogP contribution in [0.5, 0.6) is 0 Å². The van der Waals surface area contributed by atoms with E-state index in [1.165, 1.54) is 0 Å². The first-order valence-corrected chi connectivity index (χ1v) is 7.74. The fraction of sp³-hybridized carbons (Fsp3) is 0.692. The molecule has 0 aliphatic carbocycles.